The number of anilines is 2. The van der Waals surface area contributed by atoms with Gasteiger partial charge < -0.3 is 9.80 Å². The summed E-state index contributed by atoms with van der Waals surface area (Å²) in [6, 6.07) is 10.7. The predicted octanol–water partition coefficient (Wildman–Crippen LogP) is 1.85. The minimum absolute atomic E-state index is 0.104. The molecule has 7 nitrogen and oxygen atoms in total. The second kappa shape index (κ2) is 6.02. The van der Waals surface area contributed by atoms with Crippen LogP contribution in [0, 0.1) is 17.1 Å². The molecule has 3 heterocycles. The van der Waals surface area contributed by atoms with Crippen LogP contribution in [-0.2, 0) is 0 Å². The van der Waals surface area contributed by atoms with E-state index in [0.717, 1.165) is 12.4 Å². The molecule has 0 amide bonds. The minimum Gasteiger partial charge on any atom is -0.367 e. The van der Waals surface area contributed by atoms with Crippen LogP contribution in [0.4, 0.5) is 15.9 Å². The Morgan fingerprint density at radius 3 is 2.92 bits per heavy atom. The molecule has 0 N–H and O–H groups in total. The average molecular weight is 337 g/mol. The molecule has 3 aromatic rings. The van der Waals surface area contributed by atoms with Crippen molar-refractivity contribution < 1.29 is 4.39 Å². The van der Waals surface area contributed by atoms with Crippen LogP contribution in [0.3, 0.4) is 0 Å². The van der Waals surface area contributed by atoms with E-state index in [9.17, 15) is 9.65 Å². The monoisotopic (exact) mass is 337 g/mol. The number of benzene rings is 1. The number of fused-ring (bicyclic) bond motifs is 1. The van der Waals surface area contributed by atoms with Crippen LogP contribution >= 0.6 is 0 Å². The van der Waals surface area contributed by atoms with E-state index in [0.29, 0.717) is 24.4 Å². The van der Waals surface area contributed by atoms with E-state index >= 15 is 0 Å². The summed E-state index contributed by atoms with van der Waals surface area (Å²) in [7, 11) is 0. The van der Waals surface area contributed by atoms with Gasteiger partial charge in [0, 0.05) is 25.7 Å². The minimum atomic E-state index is -0.477. The first kappa shape index (κ1) is 15.3. The quantitative estimate of drug-likeness (QED) is 0.710. The number of nitriles is 1. The van der Waals surface area contributed by atoms with Crippen LogP contribution in [0.5, 0.6) is 0 Å². The molecule has 25 heavy (non-hydrogen) atoms. The third-order valence-corrected chi connectivity index (χ3v) is 4.51. The van der Waals surface area contributed by atoms with Gasteiger partial charge >= 0.3 is 0 Å². The van der Waals surface area contributed by atoms with Crippen molar-refractivity contribution in [1.82, 2.24) is 19.8 Å². The van der Waals surface area contributed by atoms with Crippen LogP contribution in [0.2, 0.25) is 0 Å². The van der Waals surface area contributed by atoms with Gasteiger partial charge in [0.05, 0.1) is 5.69 Å². The van der Waals surface area contributed by atoms with Crippen LogP contribution in [0.15, 0.2) is 36.7 Å². The van der Waals surface area contributed by atoms with Crippen LogP contribution in [0.1, 0.15) is 12.5 Å². The topological polar surface area (TPSA) is 73.4 Å². The SMILES string of the molecule is CC1CN(c2cccc(F)c2C#N)CCN1c1ccc2nncn2n1. The maximum Gasteiger partial charge on any atom is 0.177 e. The summed E-state index contributed by atoms with van der Waals surface area (Å²) in [5.41, 5.74) is 1.46. The highest BCUT2D eigenvalue weighted by atomic mass is 19.1. The maximum absolute atomic E-state index is 13.9. The van der Waals surface area contributed by atoms with Crippen LogP contribution in [-0.4, -0.2) is 45.5 Å². The molecule has 1 atom stereocenters. The number of hydrogen-bond acceptors (Lipinski definition) is 6. The van der Waals surface area contributed by atoms with Crippen LogP contribution < -0.4 is 9.80 Å². The fraction of sp³-hybridized carbons (Fsp3) is 0.294. The number of aromatic nitrogens is 4. The van der Waals surface area contributed by atoms with Crippen molar-refractivity contribution in [2.75, 3.05) is 29.4 Å². The van der Waals surface area contributed by atoms with E-state index < -0.39 is 5.82 Å². The van der Waals surface area contributed by atoms with Gasteiger partial charge in [-0.2, -0.15) is 9.78 Å². The van der Waals surface area contributed by atoms with Crippen molar-refractivity contribution in [2.45, 2.75) is 13.0 Å². The molecular formula is C17H16FN7. The summed E-state index contributed by atoms with van der Waals surface area (Å²) in [4.78, 5) is 4.25. The van der Waals surface area contributed by atoms with Crippen molar-refractivity contribution in [3.8, 4) is 6.07 Å². The van der Waals surface area contributed by atoms with Crippen molar-refractivity contribution in [3.63, 3.8) is 0 Å². The molecule has 2 aromatic heterocycles. The van der Waals surface area contributed by atoms with E-state index in [1.807, 2.05) is 18.2 Å². The highest BCUT2D eigenvalue weighted by Gasteiger charge is 2.27. The molecule has 1 aromatic carbocycles. The number of nitrogens with zero attached hydrogens (tertiary/aromatic N) is 7. The number of hydrogen-bond donors (Lipinski definition) is 0. The lowest BCUT2D eigenvalue weighted by molar-refractivity contribution is 0.540. The maximum atomic E-state index is 13.9. The lowest BCUT2D eigenvalue weighted by atomic mass is 10.1. The molecule has 126 valence electrons. The largest absolute Gasteiger partial charge is 0.367 e. The first-order valence-electron chi connectivity index (χ1n) is 8.04. The normalized spacial score (nSPS) is 17.7. The first-order valence-corrected chi connectivity index (χ1v) is 8.04. The van der Waals surface area contributed by atoms with Gasteiger partial charge in [-0.25, -0.2) is 4.39 Å². The van der Waals surface area contributed by atoms with E-state index in [2.05, 4.69) is 32.0 Å². The summed E-state index contributed by atoms with van der Waals surface area (Å²) in [5, 5.41) is 21.6. The highest BCUT2D eigenvalue weighted by Crippen LogP contribution is 2.26. The molecule has 0 aliphatic carbocycles. The fourth-order valence-corrected chi connectivity index (χ4v) is 3.28. The molecule has 1 aliphatic rings. The Labute approximate surface area is 143 Å². The Morgan fingerprint density at radius 2 is 2.12 bits per heavy atom. The fourth-order valence-electron chi connectivity index (χ4n) is 3.28. The average Bonchev–Trinajstić information content (AvgIpc) is 3.09. The van der Waals surface area contributed by atoms with Gasteiger partial charge in [0.1, 0.15) is 29.6 Å². The lowest BCUT2D eigenvalue weighted by Crippen LogP contribution is -2.52. The molecule has 1 unspecified atom stereocenters. The second-order valence-corrected chi connectivity index (χ2v) is 6.06. The number of rotatable bonds is 2. The summed E-state index contributed by atoms with van der Waals surface area (Å²) in [5.74, 6) is 0.369. The molecule has 1 aliphatic heterocycles. The summed E-state index contributed by atoms with van der Waals surface area (Å²) in [6.07, 6.45) is 1.58. The van der Waals surface area contributed by atoms with Gasteiger partial charge in [-0.1, -0.05) is 6.07 Å². The zero-order valence-electron chi connectivity index (χ0n) is 13.7. The molecule has 1 fully saturated rings. The molecular weight excluding hydrogens is 321 g/mol. The van der Waals surface area contributed by atoms with Crippen molar-refractivity contribution in [3.05, 3.63) is 48.0 Å². The smallest absolute Gasteiger partial charge is 0.177 e. The number of halogens is 1. The molecule has 0 bridgehead atoms. The summed E-state index contributed by atoms with van der Waals surface area (Å²) >= 11 is 0. The van der Waals surface area contributed by atoms with Crippen molar-refractivity contribution in [1.29, 1.82) is 5.26 Å². The highest BCUT2D eigenvalue weighted by molar-refractivity contribution is 5.61. The van der Waals surface area contributed by atoms with Gasteiger partial charge in [-0.05, 0) is 31.2 Å². The lowest BCUT2D eigenvalue weighted by Gasteiger charge is -2.41. The molecule has 0 saturated carbocycles. The predicted molar refractivity (Wildman–Crippen MR) is 90.9 cm³/mol. The zero-order valence-corrected chi connectivity index (χ0v) is 13.7. The molecule has 4 rings (SSSR count). The Bertz CT molecular complexity index is 961. The summed E-state index contributed by atoms with van der Waals surface area (Å²) < 4.78 is 15.5. The standard InChI is InChI=1S/C17H16FN7/c1-12-10-23(15-4-2-3-14(18)13(15)9-19)7-8-24(12)17-6-5-16-21-20-11-25(16)22-17/h2-6,11-12H,7-8,10H2,1H3. The van der Waals surface area contributed by atoms with Gasteiger partial charge in [0.2, 0.25) is 0 Å². The first-order chi connectivity index (χ1) is 12.2. The molecule has 0 spiro atoms. The zero-order chi connectivity index (χ0) is 17.4. The third-order valence-electron chi connectivity index (χ3n) is 4.51. The molecule has 8 heteroatoms. The van der Waals surface area contributed by atoms with Crippen molar-refractivity contribution >= 4 is 17.2 Å². The molecule has 0 radical (unpaired) electrons. The Balaban J connectivity index is 1.58. The number of piperazine rings is 1. The van der Waals surface area contributed by atoms with E-state index in [1.165, 1.54) is 6.07 Å². The van der Waals surface area contributed by atoms with E-state index in [1.54, 1.807) is 23.0 Å². The second-order valence-electron chi connectivity index (χ2n) is 6.06. The Hall–Kier alpha value is -3.21. The van der Waals surface area contributed by atoms with E-state index in [-0.39, 0.29) is 11.6 Å². The van der Waals surface area contributed by atoms with Crippen LogP contribution in [0.25, 0.3) is 5.65 Å². The van der Waals surface area contributed by atoms with Gasteiger partial charge in [-0.3, -0.25) is 0 Å². The molecule has 1 saturated heterocycles. The Morgan fingerprint density at radius 1 is 1.24 bits per heavy atom. The van der Waals surface area contributed by atoms with E-state index in [4.69, 9.17) is 0 Å². The van der Waals surface area contributed by atoms with Gasteiger partial charge in [0.25, 0.3) is 0 Å². The van der Waals surface area contributed by atoms with Crippen molar-refractivity contribution in [2.24, 2.45) is 0 Å². The Kier molecular flexibility index (Phi) is 3.69. The summed E-state index contributed by atoms with van der Waals surface area (Å²) in [6.45, 7) is 4.18. The van der Waals surface area contributed by atoms with Gasteiger partial charge in [-0.15, -0.1) is 15.3 Å². The van der Waals surface area contributed by atoms with Gasteiger partial charge in [0.15, 0.2) is 5.65 Å². The third kappa shape index (κ3) is 2.63.